The number of hydrogen-bond donors (Lipinski definition) is 0. The fourth-order valence-corrected chi connectivity index (χ4v) is 2.13. The van der Waals surface area contributed by atoms with E-state index in [4.69, 9.17) is 16.3 Å². The van der Waals surface area contributed by atoms with Crippen molar-refractivity contribution >= 4 is 39.2 Å². The number of nitrogens with zero attached hydrogens (tertiary/aromatic N) is 1. The number of ether oxygens (including phenoxy) is 1. The lowest BCUT2D eigenvalue weighted by atomic mass is 10.2. The average Bonchev–Trinajstić information content (AvgIpc) is 2.41. The van der Waals surface area contributed by atoms with Crippen molar-refractivity contribution in [2.24, 2.45) is 0 Å². The maximum atomic E-state index is 12.0. The van der Waals surface area contributed by atoms with E-state index < -0.39 is 10.9 Å². The van der Waals surface area contributed by atoms with E-state index in [0.717, 1.165) is 6.07 Å². The average molecular weight is 357 g/mol. The van der Waals surface area contributed by atoms with Crippen LogP contribution in [-0.4, -0.2) is 10.9 Å². The Balaban J connectivity index is 2.25. The fraction of sp³-hybridized carbons (Fsp3) is 0. The van der Waals surface area contributed by atoms with Crippen LogP contribution in [0.4, 0.5) is 5.69 Å². The monoisotopic (exact) mass is 355 g/mol. The van der Waals surface area contributed by atoms with E-state index in [1.807, 2.05) is 0 Å². The van der Waals surface area contributed by atoms with Crippen LogP contribution in [0, 0.1) is 10.1 Å². The van der Waals surface area contributed by atoms with E-state index >= 15 is 0 Å². The molecule has 0 spiro atoms. The standard InChI is InChI=1S/C13H7BrClNO4/c14-10-4-2-1-3-9(10)13(17)20-12-6-5-8(16(18)19)7-11(12)15/h1-7H. The second-order valence-corrected chi connectivity index (χ2v) is 5.00. The number of halogens is 2. The molecule has 0 aliphatic carbocycles. The van der Waals surface area contributed by atoms with Gasteiger partial charge in [0.25, 0.3) is 5.69 Å². The van der Waals surface area contributed by atoms with Gasteiger partial charge in [-0.05, 0) is 34.1 Å². The molecular weight excluding hydrogens is 350 g/mol. The lowest BCUT2D eigenvalue weighted by molar-refractivity contribution is -0.384. The Kier molecular flexibility index (Phi) is 4.36. The zero-order valence-electron chi connectivity index (χ0n) is 9.88. The largest absolute Gasteiger partial charge is 0.421 e. The second kappa shape index (κ2) is 6.02. The molecule has 0 saturated carbocycles. The number of nitro groups is 1. The zero-order valence-corrected chi connectivity index (χ0v) is 12.2. The Hall–Kier alpha value is -1.92. The van der Waals surface area contributed by atoms with Crippen LogP contribution in [0.3, 0.4) is 0 Å². The van der Waals surface area contributed by atoms with E-state index in [0.29, 0.717) is 10.0 Å². The molecule has 2 aromatic rings. The molecule has 7 heteroatoms. The van der Waals surface area contributed by atoms with Gasteiger partial charge in [-0.3, -0.25) is 10.1 Å². The molecular formula is C13H7BrClNO4. The van der Waals surface area contributed by atoms with Gasteiger partial charge in [-0.2, -0.15) is 0 Å². The van der Waals surface area contributed by atoms with Crippen molar-refractivity contribution in [3.8, 4) is 5.75 Å². The minimum Gasteiger partial charge on any atom is -0.421 e. The topological polar surface area (TPSA) is 69.4 Å². The van der Waals surface area contributed by atoms with Crippen LogP contribution < -0.4 is 4.74 Å². The summed E-state index contributed by atoms with van der Waals surface area (Å²) in [7, 11) is 0. The summed E-state index contributed by atoms with van der Waals surface area (Å²) in [4.78, 5) is 22.0. The Morgan fingerprint density at radius 2 is 1.95 bits per heavy atom. The first-order valence-corrected chi connectivity index (χ1v) is 6.57. The molecule has 0 atom stereocenters. The van der Waals surface area contributed by atoms with E-state index in [1.165, 1.54) is 12.1 Å². The van der Waals surface area contributed by atoms with Gasteiger partial charge >= 0.3 is 5.97 Å². The van der Waals surface area contributed by atoms with E-state index in [1.54, 1.807) is 24.3 Å². The predicted octanol–water partition coefficient (Wildman–Crippen LogP) is 4.23. The normalized spacial score (nSPS) is 10.1. The van der Waals surface area contributed by atoms with Crippen LogP contribution in [0.5, 0.6) is 5.75 Å². The molecule has 0 aromatic heterocycles. The molecule has 0 unspecified atom stereocenters. The molecule has 0 bridgehead atoms. The van der Waals surface area contributed by atoms with Crippen molar-refractivity contribution in [3.63, 3.8) is 0 Å². The minimum absolute atomic E-state index is 0.000367. The van der Waals surface area contributed by atoms with Crippen LogP contribution in [0.25, 0.3) is 0 Å². The molecule has 0 radical (unpaired) electrons. The van der Waals surface area contributed by atoms with Gasteiger partial charge in [-0.1, -0.05) is 23.7 Å². The number of rotatable bonds is 3. The summed E-state index contributed by atoms with van der Waals surface area (Å²) in [6, 6.07) is 10.4. The molecule has 0 aliphatic heterocycles. The Bertz CT molecular complexity index is 690. The van der Waals surface area contributed by atoms with Crippen LogP contribution >= 0.6 is 27.5 Å². The summed E-state index contributed by atoms with van der Waals surface area (Å²) >= 11 is 9.09. The first-order chi connectivity index (χ1) is 9.49. The van der Waals surface area contributed by atoms with Crippen molar-refractivity contribution in [3.05, 3.63) is 67.6 Å². The molecule has 5 nitrogen and oxygen atoms in total. The zero-order chi connectivity index (χ0) is 14.7. The fourth-order valence-electron chi connectivity index (χ4n) is 1.47. The van der Waals surface area contributed by atoms with E-state index in [2.05, 4.69) is 15.9 Å². The molecule has 102 valence electrons. The van der Waals surface area contributed by atoms with Gasteiger partial charge < -0.3 is 4.74 Å². The van der Waals surface area contributed by atoms with Crippen molar-refractivity contribution < 1.29 is 14.5 Å². The summed E-state index contributed by atoms with van der Waals surface area (Å²) in [6.45, 7) is 0. The van der Waals surface area contributed by atoms with Crippen molar-refractivity contribution in [1.82, 2.24) is 0 Å². The van der Waals surface area contributed by atoms with E-state index in [9.17, 15) is 14.9 Å². The minimum atomic E-state index is -0.603. The number of carbonyl (C=O) groups excluding carboxylic acids is 1. The smallest absolute Gasteiger partial charge is 0.344 e. The van der Waals surface area contributed by atoms with Crippen LogP contribution in [0.1, 0.15) is 10.4 Å². The number of carbonyl (C=O) groups is 1. The van der Waals surface area contributed by atoms with Gasteiger partial charge in [0.1, 0.15) is 5.75 Å². The highest BCUT2D eigenvalue weighted by Gasteiger charge is 2.16. The third-order valence-electron chi connectivity index (χ3n) is 2.42. The molecule has 0 fully saturated rings. The Morgan fingerprint density at radius 3 is 2.55 bits per heavy atom. The number of esters is 1. The first-order valence-electron chi connectivity index (χ1n) is 5.39. The Labute approximate surface area is 127 Å². The maximum absolute atomic E-state index is 12.0. The number of nitro benzene ring substituents is 1. The van der Waals surface area contributed by atoms with Gasteiger partial charge in [-0.25, -0.2) is 4.79 Å². The van der Waals surface area contributed by atoms with Crippen molar-refractivity contribution in [2.45, 2.75) is 0 Å². The summed E-state index contributed by atoms with van der Waals surface area (Å²) in [5.41, 5.74) is 0.164. The first kappa shape index (κ1) is 14.5. The summed E-state index contributed by atoms with van der Waals surface area (Å²) in [5, 5.41) is 10.6. The highest BCUT2D eigenvalue weighted by molar-refractivity contribution is 9.10. The molecule has 0 amide bonds. The summed E-state index contributed by atoms with van der Waals surface area (Å²) in [5.74, 6) is -0.536. The Morgan fingerprint density at radius 1 is 1.25 bits per heavy atom. The van der Waals surface area contributed by atoms with Gasteiger partial charge in [0.15, 0.2) is 0 Å². The van der Waals surface area contributed by atoms with Crippen molar-refractivity contribution in [2.75, 3.05) is 0 Å². The van der Waals surface area contributed by atoms with Crippen molar-refractivity contribution in [1.29, 1.82) is 0 Å². The number of hydrogen-bond acceptors (Lipinski definition) is 4. The maximum Gasteiger partial charge on any atom is 0.344 e. The number of benzene rings is 2. The molecule has 0 aliphatic rings. The van der Waals surface area contributed by atoms with Gasteiger partial charge in [0, 0.05) is 16.6 Å². The SMILES string of the molecule is O=C(Oc1ccc([N+](=O)[O-])cc1Cl)c1ccccc1Br. The lowest BCUT2D eigenvalue weighted by Crippen LogP contribution is -2.09. The van der Waals surface area contributed by atoms with Gasteiger partial charge in [-0.15, -0.1) is 0 Å². The van der Waals surface area contributed by atoms with Gasteiger partial charge in [0.05, 0.1) is 15.5 Å². The molecule has 0 N–H and O–H groups in total. The van der Waals surface area contributed by atoms with E-state index in [-0.39, 0.29) is 16.5 Å². The third kappa shape index (κ3) is 3.15. The molecule has 0 heterocycles. The molecule has 2 aromatic carbocycles. The van der Waals surface area contributed by atoms with Crippen LogP contribution in [0.2, 0.25) is 5.02 Å². The van der Waals surface area contributed by atoms with Crippen LogP contribution in [0.15, 0.2) is 46.9 Å². The molecule has 20 heavy (non-hydrogen) atoms. The van der Waals surface area contributed by atoms with Gasteiger partial charge in [0.2, 0.25) is 0 Å². The molecule has 0 saturated heterocycles. The third-order valence-corrected chi connectivity index (χ3v) is 3.41. The molecule has 2 rings (SSSR count). The highest BCUT2D eigenvalue weighted by atomic mass is 79.9. The second-order valence-electron chi connectivity index (χ2n) is 3.74. The summed E-state index contributed by atoms with van der Waals surface area (Å²) in [6.07, 6.45) is 0. The van der Waals surface area contributed by atoms with Crippen LogP contribution in [-0.2, 0) is 0 Å². The summed E-state index contributed by atoms with van der Waals surface area (Å²) < 4.78 is 5.71. The highest BCUT2D eigenvalue weighted by Crippen LogP contribution is 2.29. The quantitative estimate of drug-likeness (QED) is 0.357. The predicted molar refractivity (Wildman–Crippen MR) is 77.2 cm³/mol. The lowest BCUT2D eigenvalue weighted by Gasteiger charge is -2.07. The number of non-ortho nitro benzene ring substituents is 1.